The van der Waals surface area contributed by atoms with Crippen molar-refractivity contribution in [2.24, 2.45) is 0 Å². The molecule has 0 aliphatic carbocycles. The largest absolute Gasteiger partial charge is 0.468 e. The first kappa shape index (κ1) is 15.5. The summed E-state index contributed by atoms with van der Waals surface area (Å²) in [6.07, 6.45) is 3.00. The molecular weight excluding hydrogens is 318 g/mol. The summed E-state index contributed by atoms with van der Waals surface area (Å²) in [4.78, 5) is 14.4. The Kier molecular flexibility index (Phi) is 5.11. The molecule has 5 heteroatoms. The molecule has 1 aliphatic rings. The van der Waals surface area contributed by atoms with Gasteiger partial charge in [0.15, 0.2) is 0 Å². The summed E-state index contributed by atoms with van der Waals surface area (Å²) in [6, 6.07) is 11.5. The van der Waals surface area contributed by atoms with E-state index in [9.17, 15) is 4.79 Å². The maximum absolute atomic E-state index is 12.5. The third kappa shape index (κ3) is 3.68. The normalized spacial score (nSPS) is 19.0. The Morgan fingerprint density at radius 3 is 2.91 bits per heavy atom. The number of rotatable bonds is 3. The molecule has 0 radical (unpaired) electrons. The summed E-state index contributed by atoms with van der Waals surface area (Å²) in [5, 5.41) is 1.00. The van der Waals surface area contributed by atoms with Gasteiger partial charge in [0.1, 0.15) is 5.76 Å². The van der Waals surface area contributed by atoms with Crippen molar-refractivity contribution < 1.29 is 9.21 Å². The van der Waals surface area contributed by atoms with Crippen LogP contribution in [0.4, 0.5) is 0 Å². The fraction of sp³-hybridized carbons (Fsp3) is 0.353. The SMILES string of the molecule is O=C(Cc1ccccc1Cl)N1CCS[C@H](c2ccco2)CC1. The molecule has 3 rings (SSSR count). The third-order valence-corrected chi connectivity index (χ3v) is 5.51. The van der Waals surface area contributed by atoms with Gasteiger partial charge in [-0.2, -0.15) is 0 Å². The minimum atomic E-state index is 0.147. The Balaban J connectivity index is 1.61. The highest BCUT2D eigenvalue weighted by Crippen LogP contribution is 2.34. The molecule has 3 nitrogen and oxygen atoms in total. The highest BCUT2D eigenvalue weighted by Gasteiger charge is 2.23. The number of furan rings is 1. The van der Waals surface area contributed by atoms with E-state index in [0.717, 1.165) is 36.6 Å². The Bertz CT molecular complexity index is 629. The van der Waals surface area contributed by atoms with E-state index in [-0.39, 0.29) is 5.91 Å². The maximum atomic E-state index is 12.5. The highest BCUT2D eigenvalue weighted by atomic mass is 35.5. The van der Waals surface area contributed by atoms with Crippen molar-refractivity contribution in [1.29, 1.82) is 0 Å². The smallest absolute Gasteiger partial charge is 0.227 e. The molecule has 1 amide bonds. The van der Waals surface area contributed by atoms with Gasteiger partial charge in [-0.05, 0) is 30.2 Å². The van der Waals surface area contributed by atoms with Crippen molar-refractivity contribution in [2.75, 3.05) is 18.8 Å². The molecule has 1 atom stereocenters. The lowest BCUT2D eigenvalue weighted by atomic mass is 10.1. The number of thioether (sulfide) groups is 1. The van der Waals surface area contributed by atoms with Crippen molar-refractivity contribution in [3.63, 3.8) is 0 Å². The lowest BCUT2D eigenvalue weighted by Crippen LogP contribution is -2.34. The highest BCUT2D eigenvalue weighted by molar-refractivity contribution is 7.99. The summed E-state index contributed by atoms with van der Waals surface area (Å²) in [6.45, 7) is 1.55. The van der Waals surface area contributed by atoms with E-state index in [1.807, 2.05) is 53.1 Å². The first-order valence-corrected chi connectivity index (χ1v) is 8.83. The van der Waals surface area contributed by atoms with Crippen LogP contribution in [-0.4, -0.2) is 29.6 Å². The van der Waals surface area contributed by atoms with E-state index in [1.165, 1.54) is 0 Å². The van der Waals surface area contributed by atoms with E-state index in [1.54, 1.807) is 6.26 Å². The van der Waals surface area contributed by atoms with Crippen molar-refractivity contribution >= 4 is 29.3 Å². The molecule has 0 unspecified atom stereocenters. The minimum absolute atomic E-state index is 0.147. The lowest BCUT2D eigenvalue weighted by molar-refractivity contribution is -0.130. The van der Waals surface area contributed by atoms with E-state index in [2.05, 4.69) is 0 Å². The summed E-state index contributed by atoms with van der Waals surface area (Å²) in [5.74, 6) is 2.08. The molecular formula is C17H18ClNO2S. The molecule has 1 fully saturated rings. The fourth-order valence-corrected chi connectivity index (χ4v) is 4.02. The van der Waals surface area contributed by atoms with Gasteiger partial charge in [-0.3, -0.25) is 4.79 Å². The second-order valence-electron chi connectivity index (χ2n) is 5.31. The van der Waals surface area contributed by atoms with Gasteiger partial charge >= 0.3 is 0 Å². The molecule has 116 valence electrons. The van der Waals surface area contributed by atoms with Gasteiger partial charge in [0.25, 0.3) is 0 Å². The summed E-state index contributed by atoms with van der Waals surface area (Å²) in [7, 11) is 0. The van der Waals surface area contributed by atoms with E-state index < -0.39 is 0 Å². The molecule has 0 saturated carbocycles. The van der Waals surface area contributed by atoms with Crippen LogP contribution in [0.3, 0.4) is 0 Å². The molecule has 2 aromatic rings. The van der Waals surface area contributed by atoms with Crippen LogP contribution in [0.25, 0.3) is 0 Å². The predicted molar refractivity (Wildman–Crippen MR) is 90.3 cm³/mol. The number of carbonyl (C=O) groups excluding carboxylic acids is 1. The number of amides is 1. The molecule has 0 N–H and O–H groups in total. The molecule has 1 aromatic carbocycles. The third-order valence-electron chi connectivity index (χ3n) is 3.85. The second kappa shape index (κ2) is 7.25. The van der Waals surface area contributed by atoms with Crippen molar-refractivity contribution in [3.05, 3.63) is 59.0 Å². The number of carbonyl (C=O) groups is 1. The summed E-state index contributed by atoms with van der Waals surface area (Å²) in [5.41, 5.74) is 0.897. The number of hydrogen-bond acceptors (Lipinski definition) is 3. The first-order valence-electron chi connectivity index (χ1n) is 7.40. The van der Waals surface area contributed by atoms with Gasteiger partial charge in [-0.1, -0.05) is 29.8 Å². The molecule has 22 heavy (non-hydrogen) atoms. The van der Waals surface area contributed by atoms with Gasteiger partial charge in [0, 0.05) is 23.9 Å². The average molecular weight is 336 g/mol. The zero-order valence-electron chi connectivity index (χ0n) is 12.2. The molecule has 2 heterocycles. The second-order valence-corrected chi connectivity index (χ2v) is 7.03. The quantitative estimate of drug-likeness (QED) is 0.843. The molecule has 0 bridgehead atoms. The van der Waals surface area contributed by atoms with Crippen LogP contribution in [0, 0.1) is 0 Å². The zero-order valence-corrected chi connectivity index (χ0v) is 13.8. The summed E-state index contributed by atoms with van der Waals surface area (Å²) < 4.78 is 5.49. The first-order chi connectivity index (χ1) is 10.7. The number of nitrogens with zero attached hydrogens (tertiary/aromatic N) is 1. The standard InChI is InChI=1S/C17H18ClNO2S/c18-14-5-2-1-4-13(14)12-17(20)19-8-7-16(22-11-9-19)15-6-3-10-21-15/h1-6,10,16H,7-9,11-12H2/t16-/m0/s1. The van der Waals surface area contributed by atoms with Crippen LogP contribution in [0.15, 0.2) is 47.1 Å². The maximum Gasteiger partial charge on any atom is 0.227 e. The van der Waals surface area contributed by atoms with Crippen LogP contribution in [0.1, 0.15) is 23.0 Å². The van der Waals surface area contributed by atoms with Crippen LogP contribution in [0.2, 0.25) is 5.02 Å². The predicted octanol–water partition coefficient (Wildman–Crippen LogP) is 4.18. The van der Waals surface area contributed by atoms with Crippen LogP contribution in [0.5, 0.6) is 0 Å². The molecule has 1 aliphatic heterocycles. The summed E-state index contributed by atoms with van der Waals surface area (Å²) >= 11 is 8.00. The number of hydrogen-bond donors (Lipinski definition) is 0. The van der Waals surface area contributed by atoms with Crippen molar-refractivity contribution in [2.45, 2.75) is 18.1 Å². The van der Waals surface area contributed by atoms with Crippen LogP contribution >= 0.6 is 23.4 Å². The zero-order chi connectivity index (χ0) is 15.4. The monoisotopic (exact) mass is 335 g/mol. The number of benzene rings is 1. The van der Waals surface area contributed by atoms with E-state index >= 15 is 0 Å². The molecule has 0 spiro atoms. The Morgan fingerprint density at radius 2 is 2.14 bits per heavy atom. The molecule has 1 aromatic heterocycles. The number of halogens is 1. The van der Waals surface area contributed by atoms with E-state index in [4.69, 9.17) is 16.0 Å². The minimum Gasteiger partial charge on any atom is -0.468 e. The van der Waals surface area contributed by atoms with Crippen molar-refractivity contribution in [1.82, 2.24) is 4.90 Å². The van der Waals surface area contributed by atoms with Gasteiger partial charge < -0.3 is 9.32 Å². The van der Waals surface area contributed by atoms with Crippen molar-refractivity contribution in [3.8, 4) is 0 Å². The lowest BCUT2D eigenvalue weighted by Gasteiger charge is -2.20. The van der Waals surface area contributed by atoms with Crippen LogP contribution < -0.4 is 0 Å². The topological polar surface area (TPSA) is 33.5 Å². The van der Waals surface area contributed by atoms with Gasteiger partial charge in [0.2, 0.25) is 5.91 Å². The molecule has 1 saturated heterocycles. The van der Waals surface area contributed by atoms with Gasteiger partial charge in [0.05, 0.1) is 17.9 Å². The Labute approximate surface area is 139 Å². The van der Waals surface area contributed by atoms with Gasteiger partial charge in [-0.25, -0.2) is 0 Å². The Hall–Kier alpha value is -1.39. The van der Waals surface area contributed by atoms with Crippen LogP contribution in [-0.2, 0) is 11.2 Å². The average Bonchev–Trinajstić information content (AvgIpc) is 2.94. The Morgan fingerprint density at radius 1 is 1.27 bits per heavy atom. The fourth-order valence-electron chi connectivity index (χ4n) is 2.64. The van der Waals surface area contributed by atoms with E-state index in [0.29, 0.717) is 16.7 Å². The van der Waals surface area contributed by atoms with Gasteiger partial charge in [-0.15, -0.1) is 11.8 Å².